The fraction of sp³-hybridized carbons (Fsp3) is 0.216. The molecular weight excluding hydrogens is 958 g/mol. The van der Waals surface area contributed by atoms with E-state index < -0.39 is 7.14 Å². The molecule has 0 fully saturated rings. The fourth-order valence-electron chi connectivity index (χ4n) is 5.96. The number of nitrogens with two attached hydrogens (primary N) is 1. The molecule has 14 nitrogen and oxygen atoms in total. The molecule has 2 aromatic heterocycles. The van der Waals surface area contributed by atoms with Gasteiger partial charge in [0.05, 0.1) is 37.9 Å². The number of ether oxygens (including phenoxy) is 4. The minimum atomic E-state index is -2.26. The summed E-state index contributed by atoms with van der Waals surface area (Å²) in [5.74, 6) is 4.37. The third-order valence-corrected chi connectivity index (χ3v) is 11.2. The van der Waals surface area contributed by atoms with E-state index in [1.807, 2.05) is 126 Å². The molecule has 4 N–H and O–H groups in total. The molecule has 8 rings (SSSR count). The van der Waals surface area contributed by atoms with Crippen LogP contribution in [0, 0.1) is 34.6 Å². The van der Waals surface area contributed by atoms with Crippen molar-refractivity contribution in [3.63, 3.8) is 0 Å². The molecule has 1 atom stereocenters. The summed E-state index contributed by atoms with van der Waals surface area (Å²) in [5, 5.41) is 36.8. The van der Waals surface area contributed by atoms with E-state index in [0.29, 0.717) is 44.8 Å². The number of aryl methyl sites for hydroxylation is 5. The standard InChI is InChI=1S/C20H22N3O3P.C12H13ClN2O2.C8H10O.C7H9N.C4H2Cl2N2/c1-14-9-16(25-2)11-17(10-14)26-18-12-20(23-21-13-18)22-15-5-7-19(8-6-15)27(3,4)24;1-8-3-9(16-2)5-10(4-8)17-11-6-12(13)15-14-7-11;1-6-3-7(2)5-8(9)4-6;1-6-2-4-7(8)5-3-6;5-3-1-4(6)8-7-2-3/h5-13H,1-4H3,(H,22,23);3-5,7,11H,6H2,1-2H3;3-5,9H,1-2H3;2-5H,8H2,1H3;1-2H. The van der Waals surface area contributed by atoms with Crippen LogP contribution < -0.4 is 35.3 Å². The number of hydrogen-bond acceptors (Lipinski definition) is 14. The summed E-state index contributed by atoms with van der Waals surface area (Å²) in [7, 11) is 0.986. The minimum Gasteiger partial charge on any atom is -0.508 e. The molecule has 1 aliphatic heterocycles. The first-order chi connectivity index (χ1) is 32.8. The number of nitrogens with zero attached hydrogens (tertiary/aromatic N) is 6. The van der Waals surface area contributed by atoms with Gasteiger partial charge in [0.25, 0.3) is 0 Å². The number of aromatic nitrogens is 4. The third-order valence-electron chi connectivity index (χ3n) is 9.08. The van der Waals surface area contributed by atoms with Crippen LogP contribution in [0.3, 0.4) is 0 Å². The quantitative estimate of drug-likeness (QED) is 0.0918. The second kappa shape index (κ2) is 27.3. The molecule has 18 heteroatoms. The Bertz CT molecular complexity index is 2760. The monoisotopic (exact) mass is 1010 g/mol. The zero-order chi connectivity index (χ0) is 50.5. The first kappa shape index (κ1) is 54.9. The van der Waals surface area contributed by atoms with Crippen LogP contribution in [0.1, 0.15) is 34.2 Å². The van der Waals surface area contributed by atoms with Gasteiger partial charge in [-0.15, -0.1) is 15.3 Å². The number of phenolic OH excluding ortho intramolecular Hbond substituents is 1. The number of nitrogen functional groups attached to an aromatic ring is 1. The number of anilines is 3. The highest BCUT2D eigenvalue weighted by molar-refractivity contribution is 7.70. The maximum Gasteiger partial charge on any atom is 0.156 e. The van der Waals surface area contributed by atoms with Gasteiger partial charge in [0.1, 0.15) is 47.2 Å². The number of benzene rings is 5. The molecule has 7 aromatic rings. The van der Waals surface area contributed by atoms with Crippen molar-refractivity contribution in [2.75, 3.05) is 38.6 Å². The Labute approximate surface area is 418 Å². The van der Waals surface area contributed by atoms with E-state index in [0.717, 1.165) is 56.2 Å². The van der Waals surface area contributed by atoms with Gasteiger partial charge in [0, 0.05) is 41.3 Å². The Balaban J connectivity index is 0.000000209. The molecular formula is C51H56Cl3N8O6P. The lowest BCUT2D eigenvalue weighted by Crippen LogP contribution is -2.22. The van der Waals surface area contributed by atoms with Gasteiger partial charge in [0.15, 0.2) is 16.7 Å². The molecule has 0 spiro atoms. The van der Waals surface area contributed by atoms with Crippen LogP contribution in [0.15, 0.2) is 138 Å². The van der Waals surface area contributed by atoms with Crippen LogP contribution in [-0.2, 0) is 4.57 Å². The third kappa shape index (κ3) is 21.0. The number of nitrogens with one attached hydrogen (secondary N) is 1. The summed E-state index contributed by atoms with van der Waals surface area (Å²) in [6.07, 6.45) is 4.98. The summed E-state index contributed by atoms with van der Waals surface area (Å²) >= 11 is 16.6. The largest absolute Gasteiger partial charge is 0.508 e. The summed E-state index contributed by atoms with van der Waals surface area (Å²) in [5.41, 5.74) is 12.7. The molecule has 0 radical (unpaired) electrons. The van der Waals surface area contributed by atoms with E-state index in [1.54, 1.807) is 58.2 Å². The molecule has 3 heterocycles. The van der Waals surface area contributed by atoms with Crippen LogP contribution in [-0.4, -0.2) is 70.5 Å². The minimum absolute atomic E-state index is 0.175. The number of methoxy groups -OCH3 is 2. The van der Waals surface area contributed by atoms with Crippen molar-refractivity contribution in [2.24, 2.45) is 10.2 Å². The van der Waals surface area contributed by atoms with Crippen molar-refractivity contribution >= 4 is 75.8 Å². The number of rotatable bonds is 9. The van der Waals surface area contributed by atoms with Crippen molar-refractivity contribution in [2.45, 2.75) is 47.1 Å². The van der Waals surface area contributed by atoms with E-state index in [-0.39, 0.29) is 6.10 Å². The molecule has 0 bridgehead atoms. The normalized spacial score (nSPS) is 12.3. The summed E-state index contributed by atoms with van der Waals surface area (Å²) < 4.78 is 34.2. The summed E-state index contributed by atoms with van der Waals surface area (Å²) in [6.45, 7) is 13.4. The summed E-state index contributed by atoms with van der Waals surface area (Å²) in [4.78, 5) is 0. The Hall–Kier alpha value is -6.70. The van der Waals surface area contributed by atoms with Crippen LogP contribution in [0.25, 0.3) is 0 Å². The van der Waals surface area contributed by atoms with Crippen molar-refractivity contribution in [1.82, 2.24) is 20.4 Å². The first-order valence-electron chi connectivity index (χ1n) is 21.2. The molecule has 0 aliphatic carbocycles. The van der Waals surface area contributed by atoms with E-state index in [4.69, 9.17) is 64.6 Å². The van der Waals surface area contributed by atoms with Gasteiger partial charge in [0.2, 0.25) is 0 Å². The molecule has 362 valence electrons. The lowest BCUT2D eigenvalue weighted by Gasteiger charge is -2.16. The predicted octanol–water partition coefficient (Wildman–Crippen LogP) is 12.7. The highest BCUT2D eigenvalue weighted by Gasteiger charge is 2.15. The van der Waals surface area contributed by atoms with Gasteiger partial charge in [-0.3, -0.25) is 0 Å². The molecule has 69 heavy (non-hydrogen) atoms. The zero-order valence-corrected chi connectivity index (χ0v) is 43.0. The average molecular weight is 1010 g/mol. The van der Waals surface area contributed by atoms with Crippen molar-refractivity contribution in [1.29, 1.82) is 0 Å². The molecule has 1 unspecified atom stereocenters. The lowest BCUT2D eigenvalue weighted by atomic mass is 10.1. The van der Waals surface area contributed by atoms with Gasteiger partial charge in [-0.25, -0.2) is 0 Å². The first-order valence-corrected chi connectivity index (χ1v) is 24.9. The summed E-state index contributed by atoms with van der Waals surface area (Å²) in [6, 6.07) is 35.4. The Morgan fingerprint density at radius 1 is 0.652 bits per heavy atom. The highest BCUT2D eigenvalue weighted by atomic mass is 35.5. The number of hydrogen-bond donors (Lipinski definition) is 3. The van der Waals surface area contributed by atoms with Gasteiger partial charge in [-0.05, 0) is 149 Å². The highest BCUT2D eigenvalue weighted by Crippen LogP contribution is 2.35. The molecule has 0 saturated carbocycles. The second-order valence-corrected chi connectivity index (χ2v) is 20.3. The lowest BCUT2D eigenvalue weighted by molar-refractivity contribution is 0.276. The molecule has 1 aliphatic rings. The zero-order valence-electron chi connectivity index (χ0n) is 39.8. The average Bonchev–Trinajstić information content (AvgIpc) is 3.27. The van der Waals surface area contributed by atoms with E-state index in [9.17, 15) is 4.57 Å². The maximum atomic E-state index is 12.1. The Morgan fingerprint density at radius 2 is 1.22 bits per heavy atom. The van der Waals surface area contributed by atoms with Crippen LogP contribution in [0.5, 0.6) is 34.5 Å². The van der Waals surface area contributed by atoms with Gasteiger partial charge < -0.3 is 39.7 Å². The van der Waals surface area contributed by atoms with Gasteiger partial charge >= 0.3 is 0 Å². The van der Waals surface area contributed by atoms with Crippen molar-refractivity contribution < 1.29 is 28.6 Å². The molecule has 5 aromatic carbocycles. The maximum absolute atomic E-state index is 12.1. The topological polar surface area (TPSA) is 189 Å². The van der Waals surface area contributed by atoms with E-state index >= 15 is 0 Å². The SMILES string of the molecule is COc1cc(C)cc(OC2C=NN=C(Cl)C2)c1.COc1cc(C)cc(Oc2cnnc(Nc3ccc(P(C)(C)=O)cc3)c2)c1.Cc1cc(C)cc(O)c1.Cc1ccc(N)cc1.Clc1cnnc(Cl)c1. The van der Waals surface area contributed by atoms with E-state index in [1.165, 1.54) is 17.8 Å². The van der Waals surface area contributed by atoms with Crippen LogP contribution >= 0.6 is 41.9 Å². The number of aromatic hydroxyl groups is 1. The van der Waals surface area contributed by atoms with Gasteiger partial charge in [-0.1, -0.05) is 58.6 Å². The number of phenols is 1. The van der Waals surface area contributed by atoms with Crippen LogP contribution in [0.2, 0.25) is 10.2 Å². The van der Waals surface area contributed by atoms with Gasteiger partial charge in [-0.2, -0.15) is 15.3 Å². The Kier molecular flexibility index (Phi) is 21.7. The molecule has 0 amide bonds. The molecule has 0 saturated heterocycles. The predicted molar refractivity (Wildman–Crippen MR) is 282 cm³/mol. The van der Waals surface area contributed by atoms with E-state index in [2.05, 4.69) is 35.9 Å². The smallest absolute Gasteiger partial charge is 0.156 e. The Morgan fingerprint density at radius 3 is 1.74 bits per heavy atom. The van der Waals surface area contributed by atoms with Crippen molar-refractivity contribution in [3.8, 4) is 34.5 Å². The fourth-order valence-corrected chi connectivity index (χ4v) is 7.38. The van der Waals surface area contributed by atoms with Crippen molar-refractivity contribution in [3.05, 3.63) is 166 Å². The number of halogens is 3. The second-order valence-electron chi connectivity index (χ2n) is 15.8. The van der Waals surface area contributed by atoms with Crippen LogP contribution in [0.4, 0.5) is 17.2 Å².